The van der Waals surface area contributed by atoms with Gasteiger partial charge in [-0.2, -0.15) is 0 Å². The van der Waals surface area contributed by atoms with E-state index in [-0.39, 0.29) is 11.4 Å². The molecular weight excluding hydrogens is 320 g/mol. The van der Waals surface area contributed by atoms with Crippen molar-refractivity contribution in [2.75, 3.05) is 0 Å². The van der Waals surface area contributed by atoms with Crippen molar-refractivity contribution >= 4 is 18.1 Å². The maximum atomic E-state index is 10.7. The first-order valence-corrected chi connectivity index (χ1v) is 7.41. The van der Waals surface area contributed by atoms with Crippen molar-refractivity contribution in [3.8, 4) is 17.1 Å². The van der Waals surface area contributed by atoms with Gasteiger partial charge in [0.25, 0.3) is 5.69 Å². The first-order valence-electron chi connectivity index (χ1n) is 7.41. The number of phenols is 1. The Morgan fingerprint density at radius 3 is 2.40 bits per heavy atom. The summed E-state index contributed by atoms with van der Waals surface area (Å²) >= 11 is 0. The third kappa shape index (κ3) is 3.18. The van der Waals surface area contributed by atoms with Gasteiger partial charge in [0, 0.05) is 17.7 Å². The van der Waals surface area contributed by atoms with Crippen molar-refractivity contribution in [1.82, 2.24) is 0 Å². The molecule has 0 aliphatic heterocycles. The molecular formula is C19H16N2O4. The molecule has 0 saturated heterocycles. The van der Waals surface area contributed by atoms with E-state index in [4.69, 9.17) is 0 Å². The van der Waals surface area contributed by atoms with Gasteiger partial charge in [-0.05, 0) is 12.1 Å². The summed E-state index contributed by atoms with van der Waals surface area (Å²) in [4.78, 5) is 10.3. The molecule has 0 aliphatic rings. The van der Waals surface area contributed by atoms with Crippen LogP contribution in [-0.4, -0.2) is 21.3 Å². The lowest BCUT2D eigenvalue weighted by molar-refractivity contribution is -0.384. The van der Waals surface area contributed by atoms with Gasteiger partial charge in [-0.15, -0.1) is 0 Å². The Morgan fingerprint density at radius 2 is 1.76 bits per heavy atom. The highest BCUT2D eigenvalue weighted by Gasteiger charge is 2.12. The van der Waals surface area contributed by atoms with Crippen LogP contribution in [0.1, 0.15) is 5.76 Å². The number of phenolic OH excluding ortho intramolecular Hbond substituents is 1. The molecule has 1 N–H and O–H groups in total. The van der Waals surface area contributed by atoms with Crippen LogP contribution in [0, 0.1) is 23.8 Å². The van der Waals surface area contributed by atoms with Gasteiger partial charge in [0.15, 0.2) is 11.4 Å². The van der Waals surface area contributed by atoms with Crippen molar-refractivity contribution in [2.24, 2.45) is 0 Å². The summed E-state index contributed by atoms with van der Waals surface area (Å²) in [6.45, 7) is 5.62. The number of benzene rings is 2. The van der Waals surface area contributed by atoms with Crippen LogP contribution in [-0.2, 0) is 0 Å². The van der Waals surface area contributed by atoms with E-state index in [1.54, 1.807) is 47.5 Å². The molecule has 126 valence electrons. The summed E-state index contributed by atoms with van der Waals surface area (Å²) in [5.74, 6) is 1.54. The number of furan rings is 1. The molecule has 0 amide bonds. The van der Waals surface area contributed by atoms with E-state index in [1.165, 1.54) is 12.1 Å². The second-order valence-corrected chi connectivity index (χ2v) is 5.38. The zero-order valence-electron chi connectivity index (χ0n) is 13.3. The van der Waals surface area contributed by atoms with Crippen LogP contribution in [0.2, 0.25) is 0 Å². The van der Waals surface area contributed by atoms with Gasteiger partial charge in [-0.1, -0.05) is 36.4 Å². The zero-order chi connectivity index (χ0) is 18.0. The fraction of sp³-hybridized carbons (Fsp3) is 0. The molecule has 6 nitrogen and oxygen atoms in total. The number of rotatable bonds is 5. The monoisotopic (exact) mass is 336 g/mol. The summed E-state index contributed by atoms with van der Waals surface area (Å²) in [5.41, 5.74) is 1.37. The number of nitro groups is 1. The van der Waals surface area contributed by atoms with Crippen LogP contribution in [0.5, 0.6) is 5.75 Å². The Kier molecular flexibility index (Phi) is 4.18. The summed E-state index contributed by atoms with van der Waals surface area (Å²) < 4.78 is 4.17. The maximum Gasteiger partial charge on any atom is 0.269 e. The molecule has 25 heavy (non-hydrogen) atoms. The standard InChI is InChI=1S/C19H16N2O4/c1-20(17-5-3-4-6-18(17)22)13-16-11-12-19(25(16)2)14-7-9-15(10-8-14)21(23)24/h3-13,22H,1-2H2. The van der Waals surface area contributed by atoms with Crippen LogP contribution in [0.15, 0.2) is 64.7 Å². The minimum atomic E-state index is -0.438. The minimum absolute atomic E-state index is 0.0335. The van der Waals surface area contributed by atoms with Crippen LogP contribution in [0.25, 0.3) is 11.3 Å². The minimum Gasteiger partial charge on any atom is -0.673 e. The number of hydrogen-bond acceptors (Lipinski definition) is 3. The molecule has 0 atom stereocenters. The van der Waals surface area contributed by atoms with Gasteiger partial charge in [0.2, 0.25) is 0 Å². The highest BCUT2D eigenvalue weighted by Crippen LogP contribution is 2.32. The smallest absolute Gasteiger partial charge is 0.269 e. The Bertz CT molecular complexity index is 942. The Labute approximate surface area is 144 Å². The molecule has 0 aliphatic carbocycles. The molecule has 3 rings (SSSR count). The highest BCUT2D eigenvalue weighted by atomic mass is 16.6. The van der Waals surface area contributed by atoms with Crippen LogP contribution in [0.3, 0.4) is 0 Å². The average Bonchev–Trinajstić information content (AvgIpc) is 2.96. The van der Waals surface area contributed by atoms with Crippen molar-refractivity contribution in [1.29, 1.82) is 0 Å². The molecule has 2 aromatic carbocycles. The number of nitro benzene ring substituents is 1. The molecule has 0 fully saturated rings. The van der Waals surface area contributed by atoms with Gasteiger partial charge in [-0.25, -0.2) is 0 Å². The lowest BCUT2D eigenvalue weighted by Gasteiger charge is -2.16. The van der Waals surface area contributed by atoms with Crippen LogP contribution >= 0.6 is 0 Å². The number of hydrogen-bond donors (Lipinski definition) is 1. The third-order valence-electron chi connectivity index (χ3n) is 3.79. The van der Waals surface area contributed by atoms with Crippen molar-refractivity contribution in [3.05, 3.63) is 90.2 Å². The molecule has 1 heterocycles. The van der Waals surface area contributed by atoms with Gasteiger partial charge in [0.05, 0.1) is 18.8 Å². The van der Waals surface area contributed by atoms with E-state index >= 15 is 0 Å². The van der Waals surface area contributed by atoms with Gasteiger partial charge in [-0.3, -0.25) is 14.7 Å². The SMILES string of the molecule is C=[N+]([CH-]c1ccc(-c2ccc([N+](=O)[O-])cc2)[o+]1[CH2-])c1ccccc1O. The summed E-state index contributed by atoms with van der Waals surface area (Å²) in [7, 11) is 3.93. The molecule has 6 heteroatoms. The van der Waals surface area contributed by atoms with Gasteiger partial charge < -0.3 is 9.15 Å². The first-order chi connectivity index (χ1) is 12.0. The predicted octanol–water partition coefficient (Wildman–Crippen LogP) is 4.44. The molecule has 0 bridgehead atoms. The number of nitrogens with zero attached hydrogens (tertiary/aromatic N) is 2. The van der Waals surface area contributed by atoms with E-state index in [1.807, 2.05) is 12.1 Å². The molecule has 0 radical (unpaired) electrons. The van der Waals surface area contributed by atoms with Crippen LogP contribution < -0.4 is 0 Å². The highest BCUT2D eigenvalue weighted by molar-refractivity contribution is 5.60. The normalized spacial score (nSPS) is 10.4. The van der Waals surface area contributed by atoms with E-state index in [0.29, 0.717) is 11.4 Å². The van der Waals surface area contributed by atoms with Crippen molar-refractivity contribution in [3.63, 3.8) is 0 Å². The average molecular weight is 336 g/mol. The van der Waals surface area contributed by atoms with E-state index in [9.17, 15) is 15.2 Å². The first kappa shape index (κ1) is 16.2. The fourth-order valence-corrected chi connectivity index (χ4v) is 2.47. The Morgan fingerprint density at radius 1 is 1.08 bits per heavy atom. The van der Waals surface area contributed by atoms with Gasteiger partial charge >= 0.3 is 0 Å². The largest absolute Gasteiger partial charge is 0.673 e. The summed E-state index contributed by atoms with van der Waals surface area (Å²) in [6, 6.07) is 16.8. The maximum absolute atomic E-state index is 10.7. The second kappa shape index (κ2) is 6.45. The Hall–Kier alpha value is -3.67. The Balaban J connectivity index is 1.85. The van der Waals surface area contributed by atoms with Crippen molar-refractivity contribution < 1.29 is 18.7 Å². The molecule has 0 spiro atoms. The zero-order valence-corrected chi connectivity index (χ0v) is 13.3. The topological polar surface area (TPSA) is 69.1 Å². The lowest BCUT2D eigenvalue weighted by atomic mass is 10.1. The summed E-state index contributed by atoms with van der Waals surface area (Å²) in [6.07, 6.45) is 0. The molecule has 0 saturated carbocycles. The number of para-hydroxylation sites is 2. The fourth-order valence-electron chi connectivity index (χ4n) is 2.47. The van der Waals surface area contributed by atoms with E-state index in [2.05, 4.69) is 17.9 Å². The quantitative estimate of drug-likeness (QED) is 0.187. The van der Waals surface area contributed by atoms with Gasteiger partial charge in [0.1, 0.15) is 18.1 Å². The number of aromatic hydroxyl groups is 1. The van der Waals surface area contributed by atoms with Crippen molar-refractivity contribution in [2.45, 2.75) is 0 Å². The molecule has 0 unspecified atom stereocenters. The third-order valence-corrected chi connectivity index (χ3v) is 3.79. The predicted molar refractivity (Wildman–Crippen MR) is 94.7 cm³/mol. The lowest BCUT2D eigenvalue weighted by Crippen LogP contribution is -2.00. The van der Waals surface area contributed by atoms with E-state index in [0.717, 1.165) is 11.3 Å². The number of non-ortho nitro benzene ring substituents is 1. The molecule has 1 aromatic heterocycles. The van der Waals surface area contributed by atoms with E-state index < -0.39 is 4.92 Å². The molecule has 3 aromatic rings. The second-order valence-electron chi connectivity index (χ2n) is 5.38. The van der Waals surface area contributed by atoms with Crippen LogP contribution in [0.4, 0.5) is 11.4 Å². The summed E-state index contributed by atoms with van der Waals surface area (Å²) in [5, 5.41) is 20.6.